The summed E-state index contributed by atoms with van der Waals surface area (Å²) in [5.74, 6) is -1.25. The molecule has 2 aromatic rings. The highest BCUT2D eigenvalue weighted by Gasteiger charge is 2.44. The molecule has 2 aliphatic rings. The summed E-state index contributed by atoms with van der Waals surface area (Å²) in [5, 5.41) is 6.14. The van der Waals surface area contributed by atoms with Crippen molar-refractivity contribution < 1.29 is 18.8 Å². The molecule has 2 N–H and O–H groups in total. The number of carbonyl (C=O) groups is 3. The highest BCUT2D eigenvalue weighted by molar-refractivity contribution is 6.35. The average molecular weight is 491 g/mol. The maximum absolute atomic E-state index is 13.8. The van der Waals surface area contributed by atoms with Crippen LogP contribution in [0.5, 0.6) is 0 Å². The first-order valence-corrected chi connectivity index (χ1v) is 11.2. The molecule has 2 aromatic carbocycles. The first-order chi connectivity index (χ1) is 15.8. The van der Waals surface area contributed by atoms with E-state index in [0.717, 1.165) is 0 Å². The standard InChI is InChI=1S/C23H21Cl2FN4O3/c1-2-30-18-12-29(10-9-19(31)27-17-6-4-3-5-16(17)26)22(32)20(18)21(28-23(30)33)14-8-7-13(24)11-15(14)25/h3-8,11,21H,2,9-10,12H2,1H3,(H,27,31)(H,28,33). The van der Waals surface area contributed by atoms with Gasteiger partial charge in [0.05, 0.1) is 29.5 Å². The van der Waals surface area contributed by atoms with E-state index in [1.165, 1.54) is 28.0 Å². The Hall–Kier alpha value is -3.10. The predicted octanol–water partition coefficient (Wildman–Crippen LogP) is 4.34. The first kappa shape index (κ1) is 23.1. The van der Waals surface area contributed by atoms with Crippen LogP contribution in [0.25, 0.3) is 0 Å². The van der Waals surface area contributed by atoms with Gasteiger partial charge in [-0.2, -0.15) is 0 Å². The van der Waals surface area contributed by atoms with Crippen LogP contribution in [0, 0.1) is 5.82 Å². The van der Waals surface area contributed by atoms with Crippen LogP contribution in [-0.4, -0.2) is 47.3 Å². The molecular weight excluding hydrogens is 470 g/mol. The van der Waals surface area contributed by atoms with Crippen LogP contribution in [0.15, 0.2) is 53.7 Å². The molecule has 33 heavy (non-hydrogen) atoms. The fraction of sp³-hybridized carbons (Fsp3) is 0.261. The number of anilines is 1. The smallest absolute Gasteiger partial charge is 0.322 e. The van der Waals surface area contributed by atoms with Crippen LogP contribution >= 0.6 is 23.2 Å². The molecule has 2 heterocycles. The summed E-state index contributed by atoms with van der Waals surface area (Å²) in [5.41, 5.74) is 1.63. The third-order valence-electron chi connectivity index (χ3n) is 5.64. The van der Waals surface area contributed by atoms with Crippen LogP contribution < -0.4 is 10.6 Å². The highest BCUT2D eigenvalue weighted by atomic mass is 35.5. The lowest BCUT2D eigenvalue weighted by molar-refractivity contribution is -0.126. The molecule has 1 atom stereocenters. The molecule has 0 saturated heterocycles. The molecule has 0 saturated carbocycles. The minimum Gasteiger partial charge on any atom is -0.332 e. The molecule has 4 rings (SSSR count). The van der Waals surface area contributed by atoms with Crippen molar-refractivity contribution in [2.24, 2.45) is 0 Å². The zero-order valence-electron chi connectivity index (χ0n) is 17.7. The molecule has 2 aliphatic heterocycles. The normalized spacial score (nSPS) is 17.9. The Balaban J connectivity index is 1.53. The lowest BCUT2D eigenvalue weighted by atomic mass is 9.95. The quantitative estimate of drug-likeness (QED) is 0.631. The molecule has 0 fully saturated rings. The van der Waals surface area contributed by atoms with Crippen molar-refractivity contribution in [2.75, 3.05) is 25.0 Å². The van der Waals surface area contributed by atoms with Crippen LogP contribution in [0.2, 0.25) is 10.0 Å². The van der Waals surface area contributed by atoms with E-state index in [9.17, 15) is 18.8 Å². The van der Waals surface area contributed by atoms with E-state index in [4.69, 9.17) is 23.2 Å². The van der Waals surface area contributed by atoms with Gasteiger partial charge in [0.25, 0.3) is 5.91 Å². The molecule has 0 spiro atoms. The molecule has 172 valence electrons. The number of hydrogen-bond donors (Lipinski definition) is 2. The zero-order valence-corrected chi connectivity index (χ0v) is 19.2. The number of amides is 4. The van der Waals surface area contributed by atoms with E-state index < -0.39 is 17.8 Å². The molecule has 0 aromatic heterocycles. The Labute approximate surface area is 200 Å². The number of benzene rings is 2. The zero-order chi connectivity index (χ0) is 23.7. The van der Waals surface area contributed by atoms with Crippen LogP contribution in [-0.2, 0) is 9.59 Å². The van der Waals surface area contributed by atoms with Crippen LogP contribution in [0.3, 0.4) is 0 Å². The van der Waals surface area contributed by atoms with E-state index >= 15 is 0 Å². The summed E-state index contributed by atoms with van der Waals surface area (Å²) in [6.45, 7) is 2.48. The minimum atomic E-state index is -0.732. The summed E-state index contributed by atoms with van der Waals surface area (Å²) in [7, 11) is 0. The molecule has 10 heteroatoms. The third-order valence-corrected chi connectivity index (χ3v) is 6.21. The average Bonchev–Trinajstić information content (AvgIpc) is 3.10. The number of carbonyl (C=O) groups excluding carboxylic acids is 3. The maximum atomic E-state index is 13.8. The second-order valence-electron chi connectivity index (χ2n) is 7.66. The van der Waals surface area contributed by atoms with E-state index in [0.29, 0.717) is 33.4 Å². The highest BCUT2D eigenvalue weighted by Crippen LogP contribution is 2.39. The summed E-state index contributed by atoms with van der Waals surface area (Å²) in [6.07, 6.45) is -0.0273. The number of urea groups is 1. The second kappa shape index (κ2) is 9.41. The molecule has 1 unspecified atom stereocenters. The van der Waals surface area contributed by atoms with Crippen molar-refractivity contribution in [3.05, 3.63) is 75.2 Å². The number of hydrogen-bond acceptors (Lipinski definition) is 3. The van der Waals surface area contributed by atoms with Gasteiger partial charge in [-0.25, -0.2) is 9.18 Å². The van der Waals surface area contributed by atoms with Gasteiger partial charge in [0.2, 0.25) is 5.91 Å². The second-order valence-corrected chi connectivity index (χ2v) is 8.50. The van der Waals surface area contributed by atoms with Gasteiger partial charge >= 0.3 is 6.03 Å². The Morgan fingerprint density at radius 1 is 1.21 bits per heavy atom. The van der Waals surface area contributed by atoms with E-state index in [-0.39, 0.29) is 37.1 Å². The van der Waals surface area contributed by atoms with Crippen molar-refractivity contribution in [1.82, 2.24) is 15.1 Å². The molecular formula is C23H21Cl2FN4O3. The van der Waals surface area contributed by atoms with Crippen molar-refractivity contribution in [1.29, 1.82) is 0 Å². The van der Waals surface area contributed by atoms with Gasteiger partial charge in [-0.15, -0.1) is 0 Å². The topological polar surface area (TPSA) is 81.8 Å². The summed E-state index contributed by atoms with van der Waals surface area (Å²) in [6, 6.07) is 9.68. The van der Waals surface area contributed by atoms with Gasteiger partial charge in [0.1, 0.15) is 5.82 Å². The Morgan fingerprint density at radius 2 is 1.97 bits per heavy atom. The van der Waals surface area contributed by atoms with Crippen LogP contribution in [0.4, 0.5) is 14.9 Å². The molecule has 7 nitrogen and oxygen atoms in total. The summed E-state index contributed by atoms with van der Waals surface area (Å²) >= 11 is 12.4. The first-order valence-electron chi connectivity index (χ1n) is 10.4. The number of nitrogens with zero attached hydrogens (tertiary/aromatic N) is 2. The SMILES string of the molecule is CCN1C(=O)NC(c2ccc(Cl)cc2Cl)C2=C1CN(CCC(=O)Nc1ccccc1F)C2=O. The summed E-state index contributed by atoms with van der Waals surface area (Å²) in [4.78, 5) is 41.4. The Morgan fingerprint density at radius 3 is 2.67 bits per heavy atom. The van der Waals surface area contributed by atoms with Crippen molar-refractivity contribution in [3.8, 4) is 0 Å². The Bertz CT molecular complexity index is 1170. The van der Waals surface area contributed by atoms with E-state index in [1.807, 2.05) is 6.92 Å². The molecule has 4 amide bonds. The number of likely N-dealkylation sites (N-methyl/N-ethyl adjacent to an activating group) is 1. The predicted molar refractivity (Wildman–Crippen MR) is 123 cm³/mol. The number of para-hydroxylation sites is 1. The minimum absolute atomic E-state index is 0.0273. The fourth-order valence-corrected chi connectivity index (χ4v) is 4.56. The van der Waals surface area contributed by atoms with Crippen molar-refractivity contribution in [3.63, 3.8) is 0 Å². The third kappa shape index (κ3) is 4.54. The van der Waals surface area contributed by atoms with Gasteiger partial charge in [-0.1, -0.05) is 41.4 Å². The lowest BCUT2D eigenvalue weighted by Crippen LogP contribution is -2.47. The molecule has 0 radical (unpaired) electrons. The largest absolute Gasteiger partial charge is 0.332 e. The molecule has 0 bridgehead atoms. The van der Waals surface area contributed by atoms with Gasteiger partial charge in [-0.3, -0.25) is 14.5 Å². The van der Waals surface area contributed by atoms with Gasteiger partial charge < -0.3 is 15.5 Å². The van der Waals surface area contributed by atoms with E-state index in [1.54, 1.807) is 24.3 Å². The summed E-state index contributed by atoms with van der Waals surface area (Å²) < 4.78 is 13.8. The van der Waals surface area contributed by atoms with Gasteiger partial charge in [0.15, 0.2) is 0 Å². The van der Waals surface area contributed by atoms with Crippen molar-refractivity contribution in [2.45, 2.75) is 19.4 Å². The number of nitrogens with one attached hydrogen (secondary N) is 2. The fourth-order valence-electron chi connectivity index (χ4n) is 4.04. The van der Waals surface area contributed by atoms with Crippen LogP contribution in [0.1, 0.15) is 24.9 Å². The maximum Gasteiger partial charge on any atom is 0.322 e. The number of halogens is 3. The van der Waals surface area contributed by atoms with Gasteiger partial charge in [-0.05, 0) is 36.8 Å². The van der Waals surface area contributed by atoms with Crippen molar-refractivity contribution >= 4 is 46.7 Å². The van der Waals surface area contributed by atoms with Gasteiger partial charge in [0, 0.05) is 29.6 Å². The molecule has 0 aliphatic carbocycles. The monoisotopic (exact) mass is 490 g/mol. The number of rotatable bonds is 6. The Kier molecular flexibility index (Phi) is 6.58. The van der Waals surface area contributed by atoms with E-state index in [2.05, 4.69) is 10.6 Å². The lowest BCUT2D eigenvalue weighted by Gasteiger charge is -2.33.